The molecule has 1 aromatic heterocycles. The molecule has 1 unspecified atom stereocenters. The molecule has 1 saturated carbocycles. The maximum Gasteiger partial charge on any atom is 0.105 e. The molecule has 2 nitrogen and oxygen atoms in total. The zero-order valence-electron chi connectivity index (χ0n) is 13.5. The minimum atomic E-state index is 0.482. The quantitative estimate of drug-likeness (QED) is 0.738. The van der Waals surface area contributed by atoms with Gasteiger partial charge in [-0.05, 0) is 55.7 Å². The van der Waals surface area contributed by atoms with Crippen molar-refractivity contribution in [2.45, 2.75) is 71.8 Å². The van der Waals surface area contributed by atoms with E-state index < -0.39 is 0 Å². The first-order chi connectivity index (χ1) is 9.66. The van der Waals surface area contributed by atoms with Crippen molar-refractivity contribution in [2.75, 3.05) is 6.54 Å². The second kappa shape index (κ2) is 7.31. The molecular formula is C18H31NO. The molecule has 1 aliphatic rings. The fourth-order valence-electron chi connectivity index (χ4n) is 4.04. The molecule has 114 valence electrons. The molecule has 1 fully saturated rings. The minimum Gasteiger partial charge on any atom is -0.469 e. The van der Waals surface area contributed by atoms with Gasteiger partial charge >= 0.3 is 0 Å². The van der Waals surface area contributed by atoms with Crippen molar-refractivity contribution in [3.8, 4) is 0 Å². The summed E-state index contributed by atoms with van der Waals surface area (Å²) >= 11 is 0. The van der Waals surface area contributed by atoms with Gasteiger partial charge in [0.1, 0.15) is 5.76 Å². The number of furan rings is 1. The molecule has 1 N–H and O–H groups in total. The fourth-order valence-corrected chi connectivity index (χ4v) is 4.04. The average Bonchev–Trinajstić information content (AvgIpc) is 3.05. The van der Waals surface area contributed by atoms with Gasteiger partial charge in [-0.3, -0.25) is 0 Å². The molecule has 1 aliphatic carbocycles. The monoisotopic (exact) mass is 277 g/mol. The molecule has 0 radical (unpaired) electrons. The van der Waals surface area contributed by atoms with Crippen molar-refractivity contribution in [1.29, 1.82) is 0 Å². The zero-order chi connectivity index (χ0) is 14.4. The van der Waals surface area contributed by atoms with Gasteiger partial charge < -0.3 is 9.73 Å². The standard InChI is InChI=1S/C18H31NO/c1-4-11-19-17(13-16-8-7-12-20-16)18(14-15(2)3)9-5-6-10-18/h7-8,12,15,17,19H,4-6,9-11,13-14H2,1-3H3. The van der Waals surface area contributed by atoms with E-state index >= 15 is 0 Å². The SMILES string of the molecule is CCCNC(Cc1ccco1)C1(CC(C)C)CCCC1. The van der Waals surface area contributed by atoms with E-state index in [1.807, 2.05) is 6.07 Å². The van der Waals surface area contributed by atoms with Crippen LogP contribution in [0.3, 0.4) is 0 Å². The highest BCUT2D eigenvalue weighted by Gasteiger charge is 2.41. The van der Waals surface area contributed by atoms with Crippen LogP contribution in [0, 0.1) is 11.3 Å². The third kappa shape index (κ3) is 3.88. The van der Waals surface area contributed by atoms with E-state index in [9.17, 15) is 0 Å². The van der Waals surface area contributed by atoms with Gasteiger partial charge in [0.2, 0.25) is 0 Å². The van der Waals surface area contributed by atoms with Gasteiger partial charge in [0.15, 0.2) is 0 Å². The largest absolute Gasteiger partial charge is 0.469 e. The van der Waals surface area contributed by atoms with Crippen molar-refractivity contribution < 1.29 is 4.42 Å². The molecular weight excluding hydrogens is 246 g/mol. The highest BCUT2D eigenvalue weighted by molar-refractivity contribution is 5.05. The van der Waals surface area contributed by atoms with Crippen LogP contribution in [-0.4, -0.2) is 12.6 Å². The maximum absolute atomic E-state index is 5.61. The highest BCUT2D eigenvalue weighted by Crippen LogP contribution is 2.46. The van der Waals surface area contributed by atoms with E-state index in [0.29, 0.717) is 11.5 Å². The van der Waals surface area contributed by atoms with Gasteiger partial charge in [-0.25, -0.2) is 0 Å². The second-order valence-electron chi connectivity index (χ2n) is 6.96. The Labute approximate surface area is 124 Å². The van der Waals surface area contributed by atoms with Crippen LogP contribution >= 0.6 is 0 Å². The molecule has 1 aromatic rings. The lowest BCUT2D eigenvalue weighted by Crippen LogP contribution is -2.46. The lowest BCUT2D eigenvalue weighted by molar-refractivity contribution is 0.149. The Morgan fingerprint density at radius 2 is 2.05 bits per heavy atom. The van der Waals surface area contributed by atoms with Gasteiger partial charge in [-0.2, -0.15) is 0 Å². The van der Waals surface area contributed by atoms with Crippen molar-refractivity contribution in [3.63, 3.8) is 0 Å². The Morgan fingerprint density at radius 3 is 2.60 bits per heavy atom. The smallest absolute Gasteiger partial charge is 0.105 e. The predicted octanol–water partition coefficient (Wildman–Crippen LogP) is 4.80. The number of hydrogen-bond donors (Lipinski definition) is 1. The third-order valence-corrected chi connectivity index (χ3v) is 4.78. The third-order valence-electron chi connectivity index (χ3n) is 4.78. The van der Waals surface area contributed by atoms with Crippen LogP contribution in [-0.2, 0) is 6.42 Å². The van der Waals surface area contributed by atoms with Crippen molar-refractivity contribution in [2.24, 2.45) is 11.3 Å². The molecule has 2 rings (SSSR count). The summed E-state index contributed by atoms with van der Waals surface area (Å²) in [4.78, 5) is 0. The van der Waals surface area contributed by atoms with E-state index in [1.54, 1.807) is 6.26 Å². The Bertz CT molecular complexity index is 363. The molecule has 1 atom stereocenters. The van der Waals surface area contributed by atoms with Gasteiger partial charge in [0, 0.05) is 12.5 Å². The average molecular weight is 277 g/mol. The first kappa shape index (κ1) is 15.6. The lowest BCUT2D eigenvalue weighted by atomic mass is 9.71. The van der Waals surface area contributed by atoms with E-state index in [2.05, 4.69) is 32.2 Å². The molecule has 0 spiro atoms. The van der Waals surface area contributed by atoms with E-state index in [1.165, 1.54) is 38.5 Å². The molecule has 2 heteroatoms. The van der Waals surface area contributed by atoms with Crippen LogP contribution < -0.4 is 5.32 Å². The van der Waals surface area contributed by atoms with Crippen LogP contribution in [0.5, 0.6) is 0 Å². The van der Waals surface area contributed by atoms with Crippen molar-refractivity contribution >= 4 is 0 Å². The van der Waals surface area contributed by atoms with Crippen LogP contribution in [0.15, 0.2) is 22.8 Å². The topological polar surface area (TPSA) is 25.2 Å². The summed E-state index contributed by atoms with van der Waals surface area (Å²) in [5.74, 6) is 1.91. The first-order valence-electron chi connectivity index (χ1n) is 8.42. The van der Waals surface area contributed by atoms with Crippen molar-refractivity contribution in [3.05, 3.63) is 24.2 Å². The minimum absolute atomic E-state index is 0.482. The summed E-state index contributed by atoms with van der Waals surface area (Å²) in [5, 5.41) is 3.84. The summed E-state index contributed by atoms with van der Waals surface area (Å²) in [6, 6.07) is 4.70. The van der Waals surface area contributed by atoms with Gasteiger partial charge in [-0.15, -0.1) is 0 Å². The van der Waals surface area contributed by atoms with Crippen LogP contribution in [0.1, 0.15) is 65.1 Å². The Balaban J connectivity index is 2.13. The van der Waals surface area contributed by atoms with Crippen LogP contribution in [0.25, 0.3) is 0 Å². The van der Waals surface area contributed by atoms with E-state index in [4.69, 9.17) is 4.42 Å². The van der Waals surface area contributed by atoms with Crippen LogP contribution in [0.4, 0.5) is 0 Å². The molecule has 0 saturated heterocycles. The highest BCUT2D eigenvalue weighted by atomic mass is 16.3. The van der Waals surface area contributed by atoms with E-state index in [0.717, 1.165) is 24.6 Å². The zero-order valence-corrected chi connectivity index (χ0v) is 13.5. The maximum atomic E-state index is 5.61. The van der Waals surface area contributed by atoms with Gasteiger partial charge in [0.05, 0.1) is 6.26 Å². The fraction of sp³-hybridized carbons (Fsp3) is 0.778. The normalized spacial score (nSPS) is 19.6. The van der Waals surface area contributed by atoms with Crippen LogP contribution in [0.2, 0.25) is 0 Å². The molecule has 0 aliphatic heterocycles. The number of hydrogen-bond acceptors (Lipinski definition) is 2. The molecule has 0 aromatic carbocycles. The molecule has 20 heavy (non-hydrogen) atoms. The summed E-state index contributed by atoms with van der Waals surface area (Å²) in [5.41, 5.74) is 0.482. The number of rotatable bonds is 8. The summed E-state index contributed by atoms with van der Waals surface area (Å²) in [6.45, 7) is 8.10. The summed E-state index contributed by atoms with van der Waals surface area (Å²) in [6.07, 6.45) is 10.9. The Morgan fingerprint density at radius 1 is 1.30 bits per heavy atom. The first-order valence-corrected chi connectivity index (χ1v) is 8.42. The second-order valence-corrected chi connectivity index (χ2v) is 6.96. The summed E-state index contributed by atoms with van der Waals surface area (Å²) in [7, 11) is 0. The Hall–Kier alpha value is -0.760. The molecule has 0 bridgehead atoms. The van der Waals surface area contributed by atoms with Crippen molar-refractivity contribution in [1.82, 2.24) is 5.32 Å². The number of nitrogens with one attached hydrogen (secondary N) is 1. The Kier molecular flexibility index (Phi) is 5.71. The van der Waals surface area contributed by atoms with E-state index in [-0.39, 0.29) is 0 Å². The van der Waals surface area contributed by atoms with Gasteiger partial charge in [0.25, 0.3) is 0 Å². The van der Waals surface area contributed by atoms with Gasteiger partial charge in [-0.1, -0.05) is 33.6 Å². The molecule has 0 amide bonds. The molecule has 1 heterocycles. The predicted molar refractivity (Wildman–Crippen MR) is 84.8 cm³/mol. The lowest BCUT2D eigenvalue weighted by Gasteiger charge is -2.39. The summed E-state index contributed by atoms with van der Waals surface area (Å²) < 4.78 is 5.61.